The van der Waals surface area contributed by atoms with E-state index in [0.29, 0.717) is 31.8 Å². The summed E-state index contributed by atoms with van der Waals surface area (Å²) in [5.74, 6) is -1.35. The molecule has 2 fully saturated rings. The highest BCUT2D eigenvalue weighted by Crippen LogP contribution is 2.36. The summed E-state index contributed by atoms with van der Waals surface area (Å²) in [6, 6.07) is 12.4. The molecule has 1 atom stereocenters. The number of hydrogen-bond donors (Lipinski definition) is 0. The van der Waals surface area contributed by atoms with Crippen molar-refractivity contribution in [3.05, 3.63) is 65.7 Å². The zero-order chi connectivity index (χ0) is 24.1. The van der Waals surface area contributed by atoms with Gasteiger partial charge in [-0.15, -0.1) is 0 Å². The summed E-state index contributed by atoms with van der Waals surface area (Å²) in [4.78, 5) is 32.1. The Morgan fingerprint density at radius 2 is 1.71 bits per heavy atom. The van der Waals surface area contributed by atoms with Crippen molar-refractivity contribution in [2.45, 2.75) is 19.3 Å². The van der Waals surface area contributed by atoms with E-state index in [2.05, 4.69) is 4.90 Å². The Kier molecular flexibility index (Phi) is 7.46. The minimum absolute atomic E-state index is 0.0482. The van der Waals surface area contributed by atoms with Crippen LogP contribution in [0.4, 0.5) is 8.78 Å². The van der Waals surface area contributed by atoms with Crippen LogP contribution in [0, 0.1) is 17.0 Å². The van der Waals surface area contributed by atoms with Crippen LogP contribution in [0.3, 0.4) is 0 Å². The number of amides is 2. The molecule has 8 heteroatoms. The summed E-state index contributed by atoms with van der Waals surface area (Å²) in [5.41, 5.74) is -0.757. The fraction of sp³-hybridized carbons (Fsp3) is 0.462. The lowest BCUT2D eigenvalue weighted by Crippen LogP contribution is -2.53. The lowest BCUT2D eigenvalue weighted by atomic mass is 9.77. The molecule has 0 unspecified atom stereocenters. The van der Waals surface area contributed by atoms with Crippen LogP contribution < -0.4 is 4.74 Å². The van der Waals surface area contributed by atoms with Gasteiger partial charge in [-0.2, -0.15) is 0 Å². The van der Waals surface area contributed by atoms with Crippen LogP contribution in [-0.2, 0) is 4.79 Å². The zero-order valence-electron chi connectivity index (χ0n) is 19.5. The standard InChI is InChI=1S/C26H31F2N3O3/c1-29-12-14-30(15-13-29)24(32)17-26(19-34-21-6-3-2-4-7-21)10-5-11-31(18-26)25(33)22-9-8-20(27)16-23(22)28/h2-4,6-9,16H,5,10-15,17-19H2,1H3/t26-/m0/s1. The smallest absolute Gasteiger partial charge is 0.256 e. The first kappa shape index (κ1) is 24.1. The minimum atomic E-state index is -0.879. The first-order valence-corrected chi connectivity index (χ1v) is 11.7. The van der Waals surface area contributed by atoms with E-state index >= 15 is 0 Å². The van der Waals surface area contributed by atoms with Gasteiger partial charge in [0.25, 0.3) is 5.91 Å². The lowest BCUT2D eigenvalue weighted by Gasteiger charge is -2.43. The number of likely N-dealkylation sites (N-methyl/N-ethyl adjacent to an activating group) is 1. The SMILES string of the molecule is CN1CCN(C(=O)C[C@@]2(COc3ccccc3)CCCN(C(=O)c3ccc(F)cc3F)C2)CC1. The lowest BCUT2D eigenvalue weighted by molar-refractivity contribution is -0.137. The molecule has 0 saturated carbocycles. The molecular weight excluding hydrogens is 440 g/mol. The Bertz CT molecular complexity index is 1010. The van der Waals surface area contributed by atoms with Crippen molar-refractivity contribution in [3.8, 4) is 5.75 Å². The zero-order valence-corrected chi connectivity index (χ0v) is 19.5. The fourth-order valence-corrected chi connectivity index (χ4v) is 4.77. The molecule has 2 heterocycles. The van der Waals surface area contributed by atoms with Gasteiger partial charge >= 0.3 is 0 Å². The Morgan fingerprint density at radius 1 is 0.971 bits per heavy atom. The van der Waals surface area contributed by atoms with Crippen LogP contribution in [0.25, 0.3) is 0 Å². The molecule has 2 amide bonds. The number of benzene rings is 2. The Morgan fingerprint density at radius 3 is 2.41 bits per heavy atom. The van der Waals surface area contributed by atoms with Gasteiger partial charge in [0, 0.05) is 57.2 Å². The maximum Gasteiger partial charge on any atom is 0.256 e. The third-order valence-corrected chi connectivity index (χ3v) is 6.78. The van der Waals surface area contributed by atoms with Crippen LogP contribution in [0.15, 0.2) is 48.5 Å². The molecule has 2 aromatic carbocycles. The molecule has 0 aromatic heterocycles. The number of piperazine rings is 1. The van der Waals surface area contributed by atoms with Gasteiger partial charge in [0.05, 0.1) is 12.2 Å². The molecule has 2 aliphatic heterocycles. The van der Waals surface area contributed by atoms with Crippen molar-refractivity contribution in [1.29, 1.82) is 0 Å². The highest BCUT2D eigenvalue weighted by Gasteiger charge is 2.41. The molecule has 6 nitrogen and oxygen atoms in total. The van der Waals surface area contributed by atoms with Gasteiger partial charge in [0.2, 0.25) is 5.91 Å². The normalized spacial score (nSPS) is 21.4. The van der Waals surface area contributed by atoms with Crippen LogP contribution in [0.5, 0.6) is 5.75 Å². The van der Waals surface area contributed by atoms with Crippen molar-refractivity contribution in [2.75, 3.05) is 52.9 Å². The van der Waals surface area contributed by atoms with E-state index in [4.69, 9.17) is 4.74 Å². The van der Waals surface area contributed by atoms with Crippen LogP contribution in [0.2, 0.25) is 0 Å². The van der Waals surface area contributed by atoms with Crippen LogP contribution in [0.1, 0.15) is 29.6 Å². The topological polar surface area (TPSA) is 53.1 Å². The average molecular weight is 472 g/mol. The Hall–Kier alpha value is -3.00. The highest BCUT2D eigenvalue weighted by atomic mass is 19.1. The summed E-state index contributed by atoms with van der Waals surface area (Å²) in [5, 5.41) is 0. The number of likely N-dealkylation sites (tertiary alicyclic amines) is 1. The van der Waals surface area contributed by atoms with Gasteiger partial charge in [0.1, 0.15) is 17.4 Å². The van der Waals surface area contributed by atoms with Gasteiger partial charge in [-0.05, 0) is 44.2 Å². The second-order valence-corrected chi connectivity index (χ2v) is 9.42. The van der Waals surface area contributed by atoms with Crippen LogP contribution in [-0.4, -0.2) is 79.4 Å². The number of para-hydroxylation sites is 1. The number of nitrogens with zero attached hydrogens (tertiary/aromatic N) is 3. The van der Waals surface area contributed by atoms with E-state index in [1.54, 1.807) is 4.90 Å². The Balaban J connectivity index is 1.53. The molecule has 0 radical (unpaired) electrons. The van der Waals surface area contributed by atoms with E-state index in [9.17, 15) is 18.4 Å². The predicted molar refractivity (Wildman–Crippen MR) is 125 cm³/mol. The maximum atomic E-state index is 14.3. The number of carbonyl (C=O) groups excluding carboxylic acids is 2. The molecule has 4 rings (SSSR count). The van der Waals surface area contributed by atoms with Crippen molar-refractivity contribution in [3.63, 3.8) is 0 Å². The number of rotatable bonds is 6. The summed E-state index contributed by atoms with van der Waals surface area (Å²) in [6.45, 7) is 4.00. The largest absolute Gasteiger partial charge is 0.493 e. The van der Waals surface area contributed by atoms with Gasteiger partial charge in [-0.25, -0.2) is 8.78 Å². The average Bonchev–Trinajstić information content (AvgIpc) is 2.84. The molecule has 0 aliphatic carbocycles. The molecule has 0 spiro atoms. The number of carbonyl (C=O) groups is 2. The van der Waals surface area contributed by atoms with Gasteiger partial charge in [-0.1, -0.05) is 18.2 Å². The quantitative estimate of drug-likeness (QED) is 0.648. The third-order valence-electron chi connectivity index (χ3n) is 6.78. The fourth-order valence-electron chi connectivity index (χ4n) is 4.77. The number of halogens is 2. The monoisotopic (exact) mass is 471 g/mol. The first-order valence-electron chi connectivity index (χ1n) is 11.7. The third kappa shape index (κ3) is 5.73. The number of hydrogen-bond acceptors (Lipinski definition) is 4. The van der Waals surface area contributed by atoms with E-state index in [0.717, 1.165) is 31.6 Å². The van der Waals surface area contributed by atoms with E-state index in [1.807, 2.05) is 42.3 Å². The highest BCUT2D eigenvalue weighted by molar-refractivity contribution is 5.94. The van der Waals surface area contributed by atoms with Crippen LogP contribution >= 0.6 is 0 Å². The number of ether oxygens (including phenoxy) is 1. The second kappa shape index (κ2) is 10.5. The summed E-state index contributed by atoms with van der Waals surface area (Å²) >= 11 is 0. The molecule has 0 bridgehead atoms. The molecule has 2 aliphatic rings. The van der Waals surface area contributed by atoms with E-state index < -0.39 is 23.0 Å². The predicted octanol–water partition coefficient (Wildman–Crippen LogP) is 3.43. The molecular formula is C26H31F2N3O3. The summed E-state index contributed by atoms with van der Waals surface area (Å²) in [6.07, 6.45) is 1.64. The molecule has 34 heavy (non-hydrogen) atoms. The van der Waals surface area contributed by atoms with Crippen molar-refractivity contribution < 1.29 is 23.1 Å². The summed E-state index contributed by atoms with van der Waals surface area (Å²) < 4.78 is 33.8. The van der Waals surface area contributed by atoms with Gasteiger partial charge in [0.15, 0.2) is 0 Å². The van der Waals surface area contributed by atoms with Crippen molar-refractivity contribution >= 4 is 11.8 Å². The molecule has 2 aromatic rings. The molecule has 182 valence electrons. The first-order chi connectivity index (χ1) is 16.3. The second-order valence-electron chi connectivity index (χ2n) is 9.42. The van der Waals surface area contributed by atoms with Gasteiger partial charge < -0.3 is 19.4 Å². The maximum absolute atomic E-state index is 14.3. The number of piperidine rings is 1. The van der Waals surface area contributed by atoms with Crippen molar-refractivity contribution in [2.24, 2.45) is 5.41 Å². The van der Waals surface area contributed by atoms with E-state index in [1.165, 1.54) is 6.07 Å². The van der Waals surface area contributed by atoms with E-state index in [-0.39, 0.29) is 31.0 Å². The minimum Gasteiger partial charge on any atom is -0.493 e. The Labute approximate surface area is 199 Å². The molecule has 2 saturated heterocycles. The molecule has 0 N–H and O–H groups in total. The van der Waals surface area contributed by atoms with Gasteiger partial charge in [-0.3, -0.25) is 9.59 Å². The van der Waals surface area contributed by atoms with Crippen molar-refractivity contribution in [1.82, 2.24) is 14.7 Å². The summed E-state index contributed by atoms with van der Waals surface area (Å²) in [7, 11) is 2.04.